The van der Waals surface area contributed by atoms with Gasteiger partial charge in [-0.15, -0.1) is 0 Å². The van der Waals surface area contributed by atoms with E-state index in [0.717, 1.165) is 11.4 Å². The second-order valence-electron chi connectivity index (χ2n) is 6.81. The number of nitrogens with one attached hydrogen (secondary N) is 2. The molecule has 1 aliphatic rings. The van der Waals surface area contributed by atoms with Gasteiger partial charge < -0.3 is 20.4 Å². The number of amides is 1. The van der Waals surface area contributed by atoms with E-state index >= 15 is 0 Å². The maximum atomic E-state index is 12.6. The molecule has 30 heavy (non-hydrogen) atoms. The number of piperazine rings is 1. The maximum absolute atomic E-state index is 12.6. The number of nitrogens with zero attached hydrogens (tertiary/aromatic N) is 6. The van der Waals surface area contributed by atoms with Gasteiger partial charge in [-0.25, -0.2) is 0 Å². The number of rotatable bonds is 7. The van der Waals surface area contributed by atoms with Gasteiger partial charge in [0.1, 0.15) is 6.54 Å². The number of anilines is 2. The second-order valence-corrected chi connectivity index (χ2v) is 6.81. The van der Waals surface area contributed by atoms with Gasteiger partial charge in [0.25, 0.3) is 5.69 Å². The zero-order chi connectivity index (χ0) is 21.5. The van der Waals surface area contributed by atoms with Crippen molar-refractivity contribution >= 4 is 28.9 Å². The molecule has 1 saturated heterocycles. The fourth-order valence-electron chi connectivity index (χ4n) is 3.16. The molecule has 2 N–H and O–H groups in total. The summed E-state index contributed by atoms with van der Waals surface area (Å²) >= 11 is 0. The molecule has 0 spiro atoms. The van der Waals surface area contributed by atoms with E-state index < -0.39 is 4.92 Å². The third-order valence-electron chi connectivity index (χ3n) is 4.64. The third kappa shape index (κ3) is 5.25. The summed E-state index contributed by atoms with van der Waals surface area (Å²) in [6.45, 7) is 5.23. The lowest BCUT2D eigenvalue weighted by atomic mass is 10.3. The van der Waals surface area contributed by atoms with Crippen molar-refractivity contribution in [1.82, 2.24) is 20.0 Å². The van der Waals surface area contributed by atoms with E-state index in [4.69, 9.17) is 0 Å². The highest BCUT2D eigenvalue weighted by molar-refractivity contribution is 5.98. The van der Waals surface area contributed by atoms with E-state index in [2.05, 4.69) is 20.7 Å². The summed E-state index contributed by atoms with van der Waals surface area (Å²) in [5.41, 5.74) is 1.65. The molecule has 0 saturated carbocycles. The Morgan fingerprint density at radius 2 is 2.07 bits per heavy atom. The minimum atomic E-state index is -0.424. The number of hydrogen-bond donors (Lipinski definition) is 2. The van der Waals surface area contributed by atoms with E-state index in [0.29, 0.717) is 38.7 Å². The van der Waals surface area contributed by atoms with Gasteiger partial charge in [-0.05, 0) is 19.1 Å². The summed E-state index contributed by atoms with van der Waals surface area (Å²) in [4.78, 5) is 31.2. The lowest BCUT2D eigenvalue weighted by Gasteiger charge is -2.35. The van der Waals surface area contributed by atoms with Crippen molar-refractivity contribution < 1.29 is 9.72 Å². The van der Waals surface area contributed by atoms with Gasteiger partial charge in [0.15, 0.2) is 5.96 Å². The predicted octanol–water partition coefficient (Wildman–Crippen LogP) is 1.05. The molecule has 3 rings (SSSR count). The molecule has 2 aromatic rings. The Balaban J connectivity index is 1.54. The molecule has 0 aliphatic carbocycles. The van der Waals surface area contributed by atoms with Crippen molar-refractivity contribution in [2.24, 2.45) is 12.0 Å². The van der Waals surface area contributed by atoms with Crippen LogP contribution < -0.4 is 15.5 Å². The van der Waals surface area contributed by atoms with Crippen LogP contribution in [0.15, 0.2) is 41.7 Å². The minimum absolute atomic E-state index is 0.00357. The van der Waals surface area contributed by atoms with Crippen molar-refractivity contribution in [1.29, 1.82) is 0 Å². The van der Waals surface area contributed by atoms with Crippen LogP contribution in [0.1, 0.15) is 6.92 Å². The molecule has 11 nitrogen and oxygen atoms in total. The van der Waals surface area contributed by atoms with Crippen LogP contribution in [0.25, 0.3) is 0 Å². The first-order valence-electron chi connectivity index (χ1n) is 9.78. The number of aryl methyl sites for hydroxylation is 1. The van der Waals surface area contributed by atoms with E-state index in [-0.39, 0.29) is 18.1 Å². The zero-order valence-electron chi connectivity index (χ0n) is 17.1. The number of guanidine groups is 1. The molecule has 0 bridgehead atoms. The molecule has 2 heterocycles. The predicted molar refractivity (Wildman–Crippen MR) is 115 cm³/mol. The Hall–Kier alpha value is -3.63. The lowest BCUT2D eigenvalue weighted by molar-refractivity contribution is -0.384. The Kier molecular flexibility index (Phi) is 6.83. The maximum Gasteiger partial charge on any atom is 0.269 e. The third-order valence-corrected chi connectivity index (χ3v) is 4.64. The normalized spacial score (nSPS) is 14.7. The van der Waals surface area contributed by atoms with Crippen molar-refractivity contribution in [3.63, 3.8) is 0 Å². The van der Waals surface area contributed by atoms with Crippen LogP contribution in [0, 0.1) is 10.1 Å². The number of aromatic nitrogens is 2. The number of nitro benzene ring substituents is 1. The molecule has 1 fully saturated rings. The van der Waals surface area contributed by atoms with Gasteiger partial charge >= 0.3 is 0 Å². The van der Waals surface area contributed by atoms with Crippen LogP contribution >= 0.6 is 0 Å². The number of benzene rings is 1. The number of hydrogen-bond acceptors (Lipinski definition) is 6. The molecular weight excluding hydrogens is 388 g/mol. The largest absolute Gasteiger partial charge is 0.383 e. The van der Waals surface area contributed by atoms with Crippen molar-refractivity contribution in [3.8, 4) is 0 Å². The first kappa shape index (κ1) is 21.1. The molecule has 0 radical (unpaired) electrons. The number of nitro groups is 1. The summed E-state index contributed by atoms with van der Waals surface area (Å²) in [5, 5.41) is 21.3. The van der Waals surface area contributed by atoms with Gasteiger partial charge in [-0.2, -0.15) is 5.10 Å². The highest BCUT2D eigenvalue weighted by Crippen LogP contribution is 2.16. The Bertz CT molecular complexity index is 909. The standard InChI is InChI=1S/C19H26N8O3/c1-3-20-19(22-9-8-21-15-4-6-16(7-5-15)27(29)30)25-10-11-26(18(28)14-25)17-12-23-24(2)13-17/h4-7,12-13,21H,3,8-11,14H2,1-2H3,(H,20,22). The second kappa shape index (κ2) is 9.72. The van der Waals surface area contributed by atoms with Gasteiger partial charge in [-0.1, -0.05) is 0 Å². The van der Waals surface area contributed by atoms with Crippen LogP contribution in [0.3, 0.4) is 0 Å². The van der Waals surface area contributed by atoms with E-state index in [1.807, 2.05) is 25.1 Å². The quantitative estimate of drug-likeness (QED) is 0.228. The van der Waals surface area contributed by atoms with Crippen LogP contribution in [-0.4, -0.2) is 70.7 Å². The Morgan fingerprint density at radius 3 is 2.67 bits per heavy atom. The zero-order valence-corrected chi connectivity index (χ0v) is 17.1. The Labute approximate surface area is 174 Å². The first-order valence-corrected chi connectivity index (χ1v) is 9.78. The van der Waals surface area contributed by atoms with Crippen LogP contribution in [-0.2, 0) is 11.8 Å². The molecule has 1 aromatic heterocycles. The number of non-ortho nitro benzene ring substituents is 1. The summed E-state index contributed by atoms with van der Waals surface area (Å²) < 4.78 is 1.68. The van der Waals surface area contributed by atoms with Crippen LogP contribution in [0.4, 0.5) is 17.1 Å². The van der Waals surface area contributed by atoms with Gasteiger partial charge in [-0.3, -0.25) is 24.6 Å². The average Bonchev–Trinajstić information content (AvgIpc) is 3.16. The van der Waals surface area contributed by atoms with E-state index in [1.165, 1.54) is 12.1 Å². The molecule has 0 atom stereocenters. The molecule has 11 heteroatoms. The van der Waals surface area contributed by atoms with Gasteiger partial charge in [0, 0.05) is 57.2 Å². The lowest BCUT2D eigenvalue weighted by Crippen LogP contribution is -2.55. The summed E-state index contributed by atoms with van der Waals surface area (Å²) in [6.07, 6.45) is 3.52. The molecule has 1 amide bonds. The molecule has 160 valence electrons. The van der Waals surface area contributed by atoms with E-state index in [1.54, 1.807) is 27.9 Å². The van der Waals surface area contributed by atoms with Crippen LogP contribution in [0.5, 0.6) is 0 Å². The molecule has 0 unspecified atom stereocenters. The fourth-order valence-corrected chi connectivity index (χ4v) is 3.16. The van der Waals surface area contributed by atoms with Crippen molar-refractivity contribution in [3.05, 3.63) is 46.8 Å². The average molecular weight is 414 g/mol. The van der Waals surface area contributed by atoms with Gasteiger partial charge in [0.2, 0.25) is 5.91 Å². The van der Waals surface area contributed by atoms with Crippen molar-refractivity contribution in [2.45, 2.75) is 6.92 Å². The van der Waals surface area contributed by atoms with Crippen LogP contribution in [0.2, 0.25) is 0 Å². The SMILES string of the molecule is CCNC(=NCCNc1ccc([N+](=O)[O-])cc1)N1CCN(c2cnn(C)c2)C(=O)C1. The molecule has 1 aliphatic heterocycles. The van der Waals surface area contributed by atoms with Crippen molar-refractivity contribution in [2.75, 3.05) is 49.5 Å². The monoisotopic (exact) mass is 414 g/mol. The number of carbonyl (C=O) groups excluding carboxylic acids is 1. The number of aliphatic imine (C=N–C) groups is 1. The first-order chi connectivity index (χ1) is 14.5. The van der Waals surface area contributed by atoms with Gasteiger partial charge in [0.05, 0.1) is 23.4 Å². The van der Waals surface area contributed by atoms with E-state index in [9.17, 15) is 14.9 Å². The minimum Gasteiger partial charge on any atom is -0.383 e. The Morgan fingerprint density at radius 1 is 1.30 bits per heavy atom. The fraction of sp³-hybridized carbons (Fsp3) is 0.421. The summed E-state index contributed by atoms with van der Waals surface area (Å²) in [5.74, 6) is 0.700. The topological polar surface area (TPSA) is 121 Å². The highest BCUT2D eigenvalue weighted by atomic mass is 16.6. The smallest absolute Gasteiger partial charge is 0.269 e. The summed E-state index contributed by atoms with van der Waals surface area (Å²) in [6, 6.07) is 6.26. The molecule has 1 aromatic carbocycles. The molecular formula is C19H26N8O3. The summed E-state index contributed by atoms with van der Waals surface area (Å²) in [7, 11) is 1.82. The number of carbonyl (C=O) groups is 1. The highest BCUT2D eigenvalue weighted by Gasteiger charge is 2.27.